The Labute approximate surface area is 200 Å². The zero-order valence-corrected chi connectivity index (χ0v) is 17.7. The van der Waals surface area contributed by atoms with Crippen molar-refractivity contribution in [2.24, 2.45) is 0 Å². The Kier molecular flexibility index (Phi) is 6.80. The van der Waals surface area contributed by atoms with Crippen molar-refractivity contribution in [3.63, 3.8) is 0 Å². The van der Waals surface area contributed by atoms with Crippen LogP contribution in [-0.4, -0.2) is 0 Å². The monoisotopic (exact) mass is 478 g/mol. The van der Waals surface area contributed by atoms with E-state index < -0.39 is 67.1 Å². The van der Waals surface area contributed by atoms with Gasteiger partial charge in [0.05, 0.1) is 33.7 Å². The lowest BCUT2D eigenvalue weighted by molar-refractivity contribution is 0.590. The highest BCUT2D eigenvalue weighted by Gasteiger charge is 2.25. The highest BCUT2D eigenvalue weighted by atomic mass is 19.1. The molecule has 6 nitrogen and oxygen atoms in total. The summed E-state index contributed by atoms with van der Waals surface area (Å²) in [6, 6.07) is 13.8. The molecule has 0 amide bonds. The summed E-state index contributed by atoms with van der Waals surface area (Å²) in [6.45, 7) is 0. The van der Waals surface area contributed by atoms with Crippen LogP contribution in [0.1, 0.15) is 11.1 Å². The second-order valence-corrected chi connectivity index (χ2v) is 7.01. The van der Waals surface area contributed by atoms with E-state index in [-0.39, 0.29) is 11.1 Å². The van der Waals surface area contributed by atoms with Gasteiger partial charge in [-0.2, -0.15) is 31.6 Å². The van der Waals surface area contributed by atoms with Gasteiger partial charge in [0.2, 0.25) is 0 Å². The standard InChI is InChI=1S/C26H6F4N6/c27-19-3-13(7-31)1-15(5-19)21-23(17(9-33)10-34)26(30)22(24(25(21)29)18(11-35)12-36)16-2-14(8-32)4-20(28)6-16/h1-6H. The van der Waals surface area contributed by atoms with Gasteiger partial charge in [-0.05, 0) is 47.5 Å². The number of hydrogen-bond donors (Lipinski definition) is 0. The largest absolute Gasteiger partial charge is 0.207 e. The Morgan fingerprint density at radius 2 is 0.833 bits per heavy atom. The van der Waals surface area contributed by atoms with Crippen molar-refractivity contribution in [2.75, 3.05) is 0 Å². The van der Waals surface area contributed by atoms with E-state index in [0.29, 0.717) is 12.1 Å². The normalized spacial score (nSPS) is 9.50. The summed E-state index contributed by atoms with van der Waals surface area (Å²) in [5.74, 6) is -5.10. The molecule has 0 unspecified atom stereocenters. The molecule has 0 aliphatic rings. The van der Waals surface area contributed by atoms with E-state index in [9.17, 15) is 29.8 Å². The predicted molar refractivity (Wildman–Crippen MR) is 115 cm³/mol. The summed E-state index contributed by atoms with van der Waals surface area (Å²) in [5, 5.41) is 54.2. The van der Waals surface area contributed by atoms with Crippen molar-refractivity contribution < 1.29 is 17.6 Å². The molecule has 0 radical (unpaired) electrons. The highest BCUT2D eigenvalue weighted by molar-refractivity contribution is 5.86. The van der Waals surface area contributed by atoms with E-state index in [4.69, 9.17) is 10.5 Å². The minimum absolute atomic E-state index is 0.314. The summed E-state index contributed by atoms with van der Waals surface area (Å²) in [7, 11) is 0. The molecule has 36 heavy (non-hydrogen) atoms. The maximum absolute atomic E-state index is 16.2. The summed E-state index contributed by atoms with van der Waals surface area (Å²) < 4.78 is 60.7. The second-order valence-electron chi connectivity index (χ2n) is 7.01. The van der Waals surface area contributed by atoms with Gasteiger partial charge in [0.15, 0.2) is 0 Å². The lowest BCUT2D eigenvalue weighted by atomic mass is 9.90. The summed E-state index contributed by atoms with van der Waals surface area (Å²) in [6.07, 6.45) is 0. The summed E-state index contributed by atoms with van der Waals surface area (Å²) in [4.78, 5) is 0. The van der Waals surface area contributed by atoms with Gasteiger partial charge in [-0.1, -0.05) is 0 Å². The number of hydrogen-bond acceptors (Lipinski definition) is 6. The number of benzene rings is 3. The van der Waals surface area contributed by atoms with Crippen molar-refractivity contribution in [2.45, 2.75) is 0 Å². The Morgan fingerprint density at radius 1 is 0.500 bits per heavy atom. The van der Waals surface area contributed by atoms with Crippen molar-refractivity contribution in [1.82, 2.24) is 0 Å². The first kappa shape index (κ1) is 24.7. The molecule has 0 fully saturated rings. The van der Waals surface area contributed by atoms with Gasteiger partial charge in [-0.3, -0.25) is 0 Å². The molecule has 0 atom stereocenters. The Bertz CT molecular complexity index is 1680. The molecule has 0 aliphatic carbocycles. The predicted octanol–water partition coefficient (Wildman–Crippen LogP) is 3.72. The SMILES string of the molecule is N#CC(C#N)=c1c(F)c(-c2cc(F)cc(C#N)c2)c(=C(C#N)C#N)c(F)c1-c1cc(F)cc(C#N)c1. The van der Waals surface area contributed by atoms with Crippen molar-refractivity contribution in [3.05, 3.63) is 81.2 Å². The Morgan fingerprint density at radius 3 is 1.11 bits per heavy atom. The van der Waals surface area contributed by atoms with Gasteiger partial charge < -0.3 is 0 Å². The number of nitriles is 6. The maximum Gasteiger partial charge on any atom is 0.141 e. The molecule has 3 aromatic rings. The zero-order valence-electron chi connectivity index (χ0n) is 17.7. The highest BCUT2D eigenvalue weighted by Crippen LogP contribution is 2.28. The Hall–Kier alpha value is -5.94. The second kappa shape index (κ2) is 9.91. The van der Waals surface area contributed by atoms with Gasteiger partial charge >= 0.3 is 0 Å². The number of nitrogens with zero attached hydrogens (tertiary/aromatic N) is 6. The number of rotatable bonds is 2. The van der Waals surface area contributed by atoms with E-state index in [2.05, 4.69) is 0 Å². The fraction of sp³-hybridized carbons (Fsp3) is 0. The molecule has 0 saturated heterocycles. The lowest BCUT2D eigenvalue weighted by Crippen LogP contribution is -2.28. The van der Waals surface area contributed by atoms with E-state index in [0.717, 1.165) is 24.3 Å². The van der Waals surface area contributed by atoms with Crippen LogP contribution < -0.4 is 10.4 Å². The van der Waals surface area contributed by atoms with Crippen LogP contribution in [0.15, 0.2) is 36.4 Å². The van der Waals surface area contributed by atoms with Crippen LogP contribution in [0.3, 0.4) is 0 Å². The van der Waals surface area contributed by atoms with Crippen LogP contribution in [0.5, 0.6) is 0 Å². The molecule has 0 saturated carbocycles. The smallest absolute Gasteiger partial charge is 0.141 e. The molecule has 0 aliphatic heterocycles. The molecular formula is C26H6F4N6. The summed E-state index contributed by atoms with van der Waals surface area (Å²) in [5.41, 5.74) is -5.26. The third-order valence-electron chi connectivity index (χ3n) is 4.96. The molecule has 0 bridgehead atoms. The Balaban J connectivity index is 2.83. The molecule has 0 N–H and O–H groups in total. The maximum atomic E-state index is 16.2. The minimum Gasteiger partial charge on any atom is -0.207 e. The van der Waals surface area contributed by atoms with Crippen molar-refractivity contribution in [1.29, 1.82) is 31.6 Å². The van der Waals surface area contributed by atoms with Gasteiger partial charge in [0.25, 0.3) is 0 Å². The molecule has 168 valence electrons. The third kappa shape index (κ3) is 4.19. The quantitative estimate of drug-likeness (QED) is 0.514. The first-order valence-electron chi connectivity index (χ1n) is 9.56. The van der Waals surface area contributed by atoms with E-state index in [1.165, 1.54) is 24.3 Å². The molecule has 0 aromatic heterocycles. The molecule has 0 heterocycles. The molecule has 10 heteroatoms. The fourth-order valence-electron chi connectivity index (χ4n) is 3.57. The van der Waals surface area contributed by atoms with Gasteiger partial charge in [0.1, 0.15) is 58.7 Å². The van der Waals surface area contributed by atoms with E-state index in [1.807, 2.05) is 0 Å². The molecule has 0 spiro atoms. The fourth-order valence-corrected chi connectivity index (χ4v) is 3.57. The van der Waals surface area contributed by atoms with Crippen LogP contribution in [0.25, 0.3) is 33.4 Å². The first-order chi connectivity index (χ1) is 17.2. The lowest BCUT2D eigenvalue weighted by Gasteiger charge is -2.14. The third-order valence-corrected chi connectivity index (χ3v) is 4.96. The average molecular weight is 478 g/mol. The van der Waals surface area contributed by atoms with Crippen LogP contribution >= 0.6 is 0 Å². The first-order valence-corrected chi connectivity index (χ1v) is 9.56. The van der Waals surface area contributed by atoms with Gasteiger partial charge in [-0.25, -0.2) is 17.6 Å². The van der Waals surface area contributed by atoms with Crippen LogP contribution in [-0.2, 0) is 0 Å². The molecular weight excluding hydrogens is 472 g/mol. The molecule has 3 rings (SSSR count). The van der Waals surface area contributed by atoms with E-state index in [1.54, 1.807) is 12.1 Å². The topological polar surface area (TPSA) is 143 Å². The van der Waals surface area contributed by atoms with Crippen molar-refractivity contribution >= 4 is 11.1 Å². The van der Waals surface area contributed by atoms with Crippen LogP contribution in [0.2, 0.25) is 0 Å². The molecule has 3 aromatic carbocycles. The van der Waals surface area contributed by atoms with Gasteiger partial charge in [0, 0.05) is 11.1 Å². The summed E-state index contributed by atoms with van der Waals surface area (Å²) >= 11 is 0. The zero-order chi connectivity index (χ0) is 26.6. The average Bonchev–Trinajstić information content (AvgIpc) is 2.87. The van der Waals surface area contributed by atoms with Crippen LogP contribution in [0.4, 0.5) is 17.6 Å². The number of halogens is 4. The van der Waals surface area contributed by atoms with Crippen LogP contribution in [0, 0.1) is 91.3 Å². The van der Waals surface area contributed by atoms with Crippen molar-refractivity contribution in [3.8, 4) is 58.7 Å². The minimum atomic E-state index is -1.51. The van der Waals surface area contributed by atoms with E-state index >= 15 is 8.78 Å². The van der Waals surface area contributed by atoms with Gasteiger partial charge in [-0.15, -0.1) is 0 Å².